The molecule has 4 rings (SSSR count). The van der Waals surface area contributed by atoms with Crippen LogP contribution in [0.4, 0.5) is 4.39 Å². The largest absolute Gasteiger partial charge is 0.447 e. The highest BCUT2D eigenvalue weighted by Gasteiger charge is 2.25. The van der Waals surface area contributed by atoms with E-state index in [1.807, 2.05) is 0 Å². The first-order chi connectivity index (χ1) is 16.8. The summed E-state index contributed by atoms with van der Waals surface area (Å²) in [4.78, 5) is 34.5. The Bertz CT molecular complexity index is 1180. The van der Waals surface area contributed by atoms with Crippen LogP contribution in [0.25, 0.3) is 0 Å². The third kappa shape index (κ3) is 6.33. The SMILES string of the molecule is CC(=O)N1CCN(C(=O)c2coc(CN(Cc3ccc(F)cc3)Cc3cc(C)ccc3C)n2)CC1. The Hall–Kier alpha value is -3.52. The molecule has 35 heavy (non-hydrogen) atoms. The van der Waals surface area contributed by atoms with Gasteiger partial charge in [0.15, 0.2) is 5.69 Å². The average Bonchev–Trinajstić information content (AvgIpc) is 3.31. The number of hydrogen-bond acceptors (Lipinski definition) is 5. The predicted octanol–water partition coefficient (Wildman–Crippen LogP) is 3.94. The third-order valence-electron chi connectivity index (χ3n) is 6.36. The summed E-state index contributed by atoms with van der Waals surface area (Å²) in [6.45, 7) is 9.31. The highest BCUT2D eigenvalue weighted by atomic mass is 19.1. The van der Waals surface area contributed by atoms with Crippen LogP contribution in [0.5, 0.6) is 0 Å². The van der Waals surface area contributed by atoms with Gasteiger partial charge in [-0.15, -0.1) is 0 Å². The van der Waals surface area contributed by atoms with Gasteiger partial charge in [-0.05, 0) is 42.7 Å². The van der Waals surface area contributed by atoms with Crippen LogP contribution >= 0.6 is 0 Å². The van der Waals surface area contributed by atoms with Gasteiger partial charge in [0.05, 0.1) is 6.54 Å². The molecular formula is C27H31FN4O3. The van der Waals surface area contributed by atoms with Crippen molar-refractivity contribution >= 4 is 11.8 Å². The van der Waals surface area contributed by atoms with Crippen molar-refractivity contribution in [2.75, 3.05) is 26.2 Å². The number of halogens is 1. The summed E-state index contributed by atoms with van der Waals surface area (Å²) in [6.07, 6.45) is 1.41. The summed E-state index contributed by atoms with van der Waals surface area (Å²) in [7, 11) is 0. The number of oxazole rings is 1. The molecule has 1 fully saturated rings. The van der Waals surface area contributed by atoms with Crippen molar-refractivity contribution < 1.29 is 18.4 Å². The topological polar surface area (TPSA) is 69.9 Å². The molecule has 7 nitrogen and oxygen atoms in total. The van der Waals surface area contributed by atoms with Crippen LogP contribution in [0.3, 0.4) is 0 Å². The molecular weight excluding hydrogens is 447 g/mol. The number of hydrogen-bond donors (Lipinski definition) is 0. The smallest absolute Gasteiger partial charge is 0.275 e. The Morgan fingerprint density at radius 1 is 0.971 bits per heavy atom. The van der Waals surface area contributed by atoms with E-state index in [9.17, 15) is 14.0 Å². The molecule has 184 valence electrons. The van der Waals surface area contributed by atoms with E-state index in [2.05, 4.69) is 41.9 Å². The standard InChI is InChI=1S/C27H31FN4O3/c1-19-4-5-20(2)23(14-19)16-30(15-22-6-8-24(28)9-7-22)17-26-29-25(18-35-26)27(34)32-12-10-31(11-13-32)21(3)33/h4-9,14,18H,10-13,15-17H2,1-3H3. The number of aromatic nitrogens is 1. The van der Waals surface area contributed by atoms with E-state index < -0.39 is 0 Å². The minimum atomic E-state index is -0.269. The third-order valence-corrected chi connectivity index (χ3v) is 6.36. The first kappa shape index (κ1) is 24.6. The summed E-state index contributed by atoms with van der Waals surface area (Å²) in [5.74, 6) is 0.00619. The molecule has 0 N–H and O–H groups in total. The molecule has 1 aromatic heterocycles. The molecule has 8 heteroatoms. The zero-order valence-electron chi connectivity index (χ0n) is 20.5. The van der Waals surface area contributed by atoms with E-state index in [1.165, 1.54) is 42.0 Å². The lowest BCUT2D eigenvalue weighted by Crippen LogP contribution is -2.50. The summed E-state index contributed by atoms with van der Waals surface area (Å²) in [5.41, 5.74) is 4.81. The van der Waals surface area contributed by atoms with Gasteiger partial charge in [0.25, 0.3) is 5.91 Å². The molecule has 0 radical (unpaired) electrons. The zero-order chi connectivity index (χ0) is 24.9. The Kier molecular flexibility index (Phi) is 7.60. The van der Waals surface area contributed by atoms with Crippen LogP contribution in [-0.4, -0.2) is 57.7 Å². The van der Waals surface area contributed by atoms with Crippen molar-refractivity contribution in [2.45, 2.75) is 40.4 Å². The average molecular weight is 479 g/mol. The van der Waals surface area contributed by atoms with E-state index in [0.29, 0.717) is 51.7 Å². The summed E-state index contributed by atoms with van der Waals surface area (Å²) in [6, 6.07) is 12.8. The Morgan fingerprint density at radius 3 is 2.34 bits per heavy atom. The monoisotopic (exact) mass is 478 g/mol. The Balaban J connectivity index is 1.47. The van der Waals surface area contributed by atoms with E-state index in [1.54, 1.807) is 21.9 Å². The minimum absolute atomic E-state index is 0.0194. The van der Waals surface area contributed by atoms with Gasteiger partial charge in [0.2, 0.25) is 11.8 Å². The van der Waals surface area contributed by atoms with E-state index >= 15 is 0 Å². The van der Waals surface area contributed by atoms with Crippen molar-refractivity contribution in [3.05, 3.63) is 88.4 Å². The zero-order valence-corrected chi connectivity index (χ0v) is 20.5. The second-order valence-electron chi connectivity index (χ2n) is 9.13. The van der Waals surface area contributed by atoms with Crippen LogP contribution in [0.2, 0.25) is 0 Å². The summed E-state index contributed by atoms with van der Waals surface area (Å²) in [5, 5.41) is 0. The molecule has 2 heterocycles. The first-order valence-corrected chi connectivity index (χ1v) is 11.8. The molecule has 0 bridgehead atoms. The molecule has 1 saturated heterocycles. The molecule has 3 aromatic rings. The van der Waals surface area contributed by atoms with E-state index in [0.717, 1.165) is 5.56 Å². The molecule has 1 aliphatic heterocycles. The predicted molar refractivity (Wildman–Crippen MR) is 130 cm³/mol. The first-order valence-electron chi connectivity index (χ1n) is 11.8. The highest BCUT2D eigenvalue weighted by Crippen LogP contribution is 2.19. The van der Waals surface area contributed by atoms with Crippen LogP contribution in [0.15, 0.2) is 53.1 Å². The number of benzene rings is 2. The van der Waals surface area contributed by atoms with Gasteiger partial charge >= 0.3 is 0 Å². The van der Waals surface area contributed by atoms with Crippen LogP contribution in [0.1, 0.15) is 45.6 Å². The van der Waals surface area contributed by atoms with Gasteiger partial charge in [-0.1, -0.05) is 35.9 Å². The lowest BCUT2D eigenvalue weighted by molar-refractivity contribution is -0.130. The van der Waals surface area contributed by atoms with Gasteiger partial charge in [0.1, 0.15) is 12.1 Å². The van der Waals surface area contributed by atoms with Gasteiger partial charge < -0.3 is 14.2 Å². The number of nitrogens with zero attached hydrogens (tertiary/aromatic N) is 4. The van der Waals surface area contributed by atoms with Gasteiger partial charge in [-0.2, -0.15) is 0 Å². The van der Waals surface area contributed by atoms with Crippen molar-refractivity contribution in [1.29, 1.82) is 0 Å². The fraction of sp³-hybridized carbons (Fsp3) is 0.370. The Morgan fingerprint density at radius 2 is 1.66 bits per heavy atom. The lowest BCUT2D eigenvalue weighted by Gasteiger charge is -2.33. The number of amides is 2. The van der Waals surface area contributed by atoms with Crippen molar-refractivity contribution in [3.8, 4) is 0 Å². The molecule has 2 aromatic carbocycles. The quantitative estimate of drug-likeness (QED) is 0.515. The molecule has 0 atom stereocenters. The second-order valence-corrected chi connectivity index (χ2v) is 9.13. The molecule has 0 saturated carbocycles. The number of rotatable bonds is 7. The fourth-order valence-corrected chi connectivity index (χ4v) is 4.29. The fourth-order valence-electron chi connectivity index (χ4n) is 4.29. The van der Waals surface area contributed by atoms with Gasteiger partial charge in [-0.25, -0.2) is 9.37 Å². The second kappa shape index (κ2) is 10.8. The summed E-state index contributed by atoms with van der Waals surface area (Å²) < 4.78 is 19.1. The van der Waals surface area contributed by atoms with Crippen LogP contribution in [-0.2, 0) is 24.4 Å². The maximum absolute atomic E-state index is 13.4. The normalized spacial score (nSPS) is 14.0. The van der Waals surface area contributed by atoms with Gasteiger partial charge in [0, 0.05) is 46.2 Å². The maximum atomic E-state index is 13.4. The van der Waals surface area contributed by atoms with Crippen molar-refractivity contribution in [1.82, 2.24) is 19.7 Å². The van der Waals surface area contributed by atoms with E-state index in [-0.39, 0.29) is 23.3 Å². The summed E-state index contributed by atoms with van der Waals surface area (Å²) >= 11 is 0. The van der Waals surface area contributed by atoms with Crippen molar-refractivity contribution in [2.24, 2.45) is 0 Å². The van der Waals surface area contributed by atoms with Gasteiger partial charge in [-0.3, -0.25) is 14.5 Å². The number of piperazine rings is 1. The van der Waals surface area contributed by atoms with Crippen molar-refractivity contribution in [3.63, 3.8) is 0 Å². The van der Waals surface area contributed by atoms with E-state index in [4.69, 9.17) is 4.42 Å². The number of carbonyl (C=O) groups is 2. The molecule has 0 unspecified atom stereocenters. The number of carbonyl (C=O) groups excluding carboxylic acids is 2. The molecule has 2 amide bonds. The Labute approximate surface area is 205 Å². The maximum Gasteiger partial charge on any atom is 0.275 e. The molecule has 0 aliphatic carbocycles. The minimum Gasteiger partial charge on any atom is -0.447 e. The lowest BCUT2D eigenvalue weighted by atomic mass is 10.0. The van der Waals surface area contributed by atoms with Crippen LogP contribution < -0.4 is 0 Å². The number of aryl methyl sites for hydroxylation is 2. The van der Waals surface area contributed by atoms with Crippen LogP contribution in [0, 0.1) is 19.7 Å². The molecule has 1 aliphatic rings. The molecule has 0 spiro atoms. The highest BCUT2D eigenvalue weighted by molar-refractivity contribution is 5.92.